The molecule has 0 aliphatic carbocycles. The van der Waals surface area contributed by atoms with Crippen LogP contribution in [0, 0.1) is 5.41 Å². The second kappa shape index (κ2) is 5.97. The van der Waals surface area contributed by atoms with E-state index in [0.717, 1.165) is 0 Å². The van der Waals surface area contributed by atoms with E-state index in [-0.39, 0.29) is 5.84 Å². The highest BCUT2D eigenvalue weighted by Crippen LogP contribution is 2.29. The zero-order valence-corrected chi connectivity index (χ0v) is 12.2. The SMILES string of the molecule is CC(C)c1ccc(Oc2cc(Cl)ccc2C(=N)N)cc1. The second-order valence-corrected chi connectivity index (χ2v) is 5.32. The van der Waals surface area contributed by atoms with Gasteiger partial charge in [-0.15, -0.1) is 0 Å². The minimum absolute atomic E-state index is 0.0459. The lowest BCUT2D eigenvalue weighted by Crippen LogP contribution is -2.12. The molecule has 4 heteroatoms. The molecule has 0 amide bonds. The molecule has 0 aliphatic heterocycles. The Morgan fingerprint density at radius 2 is 1.80 bits per heavy atom. The monoisotopic (exact) mass is 288 g/mol. The minimum Gasteiger partial charge on any atom is -0.457 e. The maximum atomic E-state index is 7.56. The number of nitrogen functional groups attached to an aromatic ring is 1. The predicted octanol–water partition coefficient (Wildman–Crippen LogP) is 4.54. The van der Waals surface area contributed by atoms with E-state index in [9.17, 15) is 0 Å². The van der Waals surface area contributed by atoms with Crippen molar-refractivity contribution in [2.75, 3.05) is 0 Å². The van der Waals surface area contributed by atoms with Crippen LogP contribution in [0.1, 0.15) is 30.9 Å². The molecule has 0 radical (unpaired) electrons. The highest BCUT2D eigenvalue weighted by Gasteiger charge is 2.09. The zero-order valence-electron chi connectivity index (χ0n) is 11.5. The van der Waals surface area contributed by atoms with Gasteiger partial charge in [0.15, 0.2) is 0 Å². The molecule has 3 N–H and O–H groups in total. The van der Waals surface area contributed by atoms with Crippen molar-refractivity contribution in [3.63, 3.8) is 0 Å². The maximum absolute atomic E-state index is 7.56. The summed E-state index contributed by atoms with van der Waals surface area (Å²) in [5.41, 5.74) is 7.32. The fourth-order valence-corrected chi connectivity index (χ4v) is 2.01. The molecule has 0 spiro atoms. The van der Waals surface area contributed by atoms with Gasteiger partial charge in [-0.2, -0.15) is 0 Å². The summed E-state index contributed by atoms with van der Waals surface area (Å²) in [7, 11) is 0. The Balaban J connectivity index is 2.29. The van der Waals surface area contributed by atoms with Gasteiger partial charge in [0.05, 0.1) is 5.56 Å². The first-order valence-corrected chi connectivity index (χ1v) is 6.77. The largest absolute Gasteiger partial charge is 0.457 e. The molecule has 3 nitrogen and oxygen atoms in total. The van der Waals surface area contributed by atoms with Crippen LogP contribution < -0.4 is 10.5 Å². The van der Waals surface area contributed by atoms with Gasteiger partial charge in [-0.05, 0) is 35.7 Å². The van der Waals surface area contributed by atoms with Crippen molar-refractivity contribution in [2.24, 2.45) is 5.73 Å². The van der Waals surface area contributed by atoms with Gasteiger partial charge in [0.1, 0.15) is 17.3 Å². The van der Waals surface area contributed by atoms with Crippen LogP contribution in [0.4, 0.5) is 0 Å². The van der Waals surface area contributed by atoms with Crippen LogP contribution in [-0.2, 0) is 0 Å². The van der Waals surface area contributed by atoms with Gasteiger partial charge in [0.25, 0.3) is 0 Å². The van der Waals surface area contributed by atoms with E-state index in [4.69, 9.17) is 27.5 Å². The highest BCUT2D eigenvalue weighted by molar-refractivity contribution is 6.30. The van der Waals surface area contributed by atoms with E-state index in [1.165, 1.54) is 5.56 Å². The van der Waals surface area contributed by atoms with Gasteiger partial charge in [-0.1, -0.05) is 37.6 Å². The molecule has 0 saturated heterocycles. The van der Waals surface area contributed by atoms with Crippen LogP contribution in [-0.4, -0.2) is 5.84 Å². The Morgan fingerprint density at radius 1 is 1.15 bits per heavy atom. The summed E-state index contributed by atoms with van der Waals surface area (Å²) in [5.74, 6) is 1.61. The van der Waals surface area contributed by atoms with Crippen LogP contribution in [0.3, 0.4) is 0 Å². The van der Waals surface area contributed by atoms with Gasteiger partial charge >= 0.3 is 0 Å². The normalized spacial score (nSPS) is 10.6. The van der Waals surface area contributed by atoms with Gasteiger partial charge in [0, 0.05) is 11.1 Å². The van der Waals surface area contributed by atoms with E-state index in [0.29, 0.717) is 28.0 Å². The summed E-state index contributed by atoms with van der Waals surface area (Å²) in [4.78, 5) is 0. The lowest BCUT2D eigenvalue weighted by molar-refractivity contribution is 0.481. The summed E-state index contributed by atoms with van der Waals surface area (Å²) in [6.07, 6.45) is 0. The molecular formula is C16H17ClN2O. The number of hydrogen-bond acceptors (Lipinski definition) is 2. The van der Waals surface area contributed by atoms with E-state index >= 15 is 0 Å². The molecule has 0 unspecified atom stereocenters. The first kappa shape index (κ1) is 14.4. The molecule has 2 rings (SSSR count). The van der Waals surface area contributed by atoms with E-state index in [2.05, 4.69) is 13.8 Å². The Morgan fingerprint density at radius 3 is 2.35 bits per heavy atom. The maximum Gasteiger partial charge on any atom is 0.139 e. The van der Waals surface area contributed by atoms with Crippen molar-refractivity contribution in [3.8, 4) is 11.5 Å². The first-order chi connectivity index (χ1) is 9.47. The molecular weight excluding hydrogens is 272 g/mol. The number of nitrogens with one attached hydrogen (secondary N) is 1. The quantitative estimate of drug-likeness (QED) is 0.641. The van der Waals surface area contributed by atoms with Crippen molar-refractivity contribution in [1.82, 2.24) is 0 Å². The topological polar surface area (TPSA) is 59.1 Å². The smallest absolute Gasteiger partial charge is 0.139 e. The average molecular weight is 289 g/mol. The summed E-state index contributed by atoms with van der Waals surface area (Å²) < 4.78 is 5.78. The van der Waals surface area contributed by atoms with Crippen LogP contribution in [0.15, 0.2) is 42.5 Å². The number of benzene rings is 2. The molecule has 0 aliphatic rings. The van der Waals surface area contributed by atoms with Crippen LogP contribution in [0.2, 0.25) is 5.02 Å². The summed E-state index contributed by atoms with van der Waals surface area (Å²) in [6.45, 7) is 4.28. The van der Waals surface area contributed by atoms with Gasteiger partial charge in [0.2, 0.25) is 0 Å². The average Bonchev–Trinajstić information content (AvgIpc) is 2.39. The van der Waals surface area contributed by atoms with Crippen LogP contribution in [0.25, 0.3) is 0 Å². The third kappa shape index (κ3) is 3.31. The fraction of sp³-hybridized carbons (Fsp3) is 0.188. The molecule has 0 saturated carbocycles. The molecule has 0 heterocycles. The van der Waals surface area contributed by atoms with E-state index < -0.39 is 0 Å². The molecule has 2 aromatic carbocycles. The van der Waals surface area contributed by atoms with Gasteiger partial charge in [-0.25, -0.2) is 0 Å². The number of nitrogens with two attached hydrogens (primary N) is 1. The third-order valence-corrected chi connectivity index (χ3v) is 3.24. The number of amidine groups is 1. The number of rotatable bonds is 4. The zero-order chi connectivity index (χ0) is 14.7. The van der Waals surface area contributed by atoms with Crippen molar-refractivity contribution in [2.45, 2.75) is 19.8 Å². The lowest BCUT2D eigenvalue weighted by Gasteiger charge is -2.12. The van der Waals surface area contributed by atoms with Crippen molar-refractivity contribution < 1.29 is 4.74 Å². The Labute approximate surface area is 123 Å². The standard InChI is InChI=1S/C16H17ClN2O/c1-10(2)11-3-6-13(7-4-11)20-15-9-12(17)5-8-14(15)16(18)19/h3-10H,1-2H3,(H3,18,19). The highest BCUT2D eigenvalue weighted by atomic mass is 35.5. The second-order valence-electron chi connectivity index (χ2n) is 4.88. The molecule has 0 bridgehead atoms. The number of hydrogen-bond donors (Lipinski definition) is 2. The predicted molar refractivity (Wildman–Crippen MR) is 83.1 cm³/mol. The third-order valence-electron chi connectivity index (χ3n) is 3.01. The lowest BCUT2D eigenvalue weighted by atomic mass is 10.0. The molecule has 0 aromatic heterocycles. The summed E-state index contributed by atoms with van der Waals surface area (Å²) >= 11 is 5.96. The van der Waals surface area contributed by atoms with Crippen molar-refractivity contribution in [3.05, 3.63) is 58.6 Å². The molecule has 2 aromatic rings. The number of ether oxygens (including phenoxy) is 1. The first-order valence-electron chi connectivity index (χ1n) is 6.39. The summed E-state index contributed by atoms with van der Waals surface area (Å²) in [5, 5.41) is 8.10. The van der Waals surface area contributed by atoms with Crippen LogP contribution in [0.5, 0.6) is 11.5 Å². The Bertz CT molecular complexity index is 621. The van der Waals surface area contributed by atoms with Crippen molar-refractivity contribution in [1.29, 1.82) is 5.41 Å². The number of halogens is 1. The fourth-order valence-electron chi connectivity index (χ4n) is 1.85. The summed E-state index contributed by atoms with van der Waals surface area (Å²) in [6, 6.07) is 12.9. The van der Waals surface area contributed by atoms with Gasteiger partial charge < -0.3 is 10.5 Å². The molecule has 0 atom stereocenters. The van der Waals surface area contributed by atoms with E-state index in [1.807, 2.05) is 24.3 Å². The Kier molecular flexibility index (Phi) is 4.30. The minimum atomic E-state index is -0.0459. The van der Waals surface area contributed by atoms with Crippen molar-refractivity contribution >= 4 is 17.4 Å². The molecule has 20 heavy (non-hydrogen) atoms. The Hall–Kier alpha value is -2.00. The molecule has 0 fully saturated rings. The molecule has 104 valence electrons. The van der Waals surface area contributed by atoms with Gasteiger partial charge in [-0.3, -0.25) is 5.41 Å². The van der Waals surface area contributed by atoms with E-state index in [1.54, 1.807) is 18.2 Å². The van der Waals surface area contributed by atoms with Crippen LogP contribution >= 0.6 is 11.6 Å².